The second-order valence-electron chi connectivity index (χ2n) is 7.49. The first-order chi connectivity index (χ1) is 18.3. The molecule has 218 valence electrons. The molecule has 1 saturated heterocycles. The van der Waals surface area contributed by atoms with Crippen molar-refractivity contribution in [3.8, 4) is 11.5 Å². The number of hydrogen-bond donors (Lipinski definition) is 0. The normalized spacial score (nSPS) is 16.6. The monoisotopic (exact) mass is 652 g/mol. The molecule has 0 spiro atoms. The van der Waals surface area contributed by atoms with Crippen molar-refractivity contribution >= 4 is 52.7 Å². The topological polar surface area (TPSA) is 88.1 Å². The van der Waals surface area contributed by atoms with E-state index in [9.17, 15) is 58.3 Å². The Morgan fingerprint density at radius 3 is 1.23 bits per heavy atom. The summed E-state index contributed by atoms with van der Waals surface area (Å²) >= 11 is 16.5. The summed E-state index contributed by atoms with van der Waals surface area (Å²) in [5.74, 6) is -36.3. The maximum absolute atomic E-state index is 13.9. The highest BCUT2D eigenvalue weighted by Crippen LogP contribution is 2.43. The van der Waals surface area contributed by atoms with Gasteiger partial charge in [-0.15, -0.1) is 0 Å². The maximum Gasteiger partial charge on any atom is 0.342 e. The van der Waals surface area contributed by atoms with Gasteiger partial charge in [-0.25, -0.2) is 31.1 Å². The predicted molar refractivity (Wildman–Crippen MR) is 107 cm³/mol. The second kappa shape index (κ2) is 11.1. The molecule has 0 aliphatic carbocycles. The number of halogens is 13. The standard InChI is InChI=1S/C20H5Cl3F10O7/c21-20(22,23)18-39-17(36)19(40-18,1-3(34)37-15-11(30)7(26)5(24)8(27)12(15)31)2-4(35)38-16-13(32)9(28)6(25)10(29)14(16)33/h18H,1-2H2. The number of rotatable bonds is 6. The zero-order chi connectivity index (χ0) is 30.5. The minimum absolute atomic E-state index is 1.74. The van der Waals surface area contributed by atoms with Crippen molar-refractivity contribution < 1.29 is 77.2 Å². The summed E-state index contributed by atoms with van der Waals surface area (Å²) in [6, 6.07) is 0. The summed E-state index contributed by atoms with van der Waals surface area (Å²) in [5, 5.41) is 0. The highest BCUT2D eigenvalue weighted by molar-refractivity contribution is 6.68. The van der Waals surface area contributed by atoms with Gasteiger partial charge in [-0.05, 0) is 0 Å². The second-order valence-corrected chi connectivity index (χ2v) is 9.86. The fourth-order valence-corrected chi connectivity index (χ4v) is 3.29. The third kappa shape index (κ3) is 5.73. The average Bonchev–Trinajstić information content (AvgIpc) is 3.19. The lowest BCUT2D eigenvalue weighted by Crippen LogP contribution is -2.43. The Labute approximate surface area is 228 Å². The van der Waals surface area contributed by atoms with E-state index in [1.54, 1.807) is 0 Å². The van der Waals surface area contributed by atoms with Crippen molar-refractivity contribution in [2.45, 2.75) is 28.5 Å². The van der Waals surface area contributed by atoms with E-state index >= 15 is 0 Å². The van der Waals surface area contributed by atoms with Crippen LogP contribution in [0.4, 0.5) is 43.9 Å². The number of esters is 3. The maximum atomic E-state index is 13.9. The van der Waals surface area contributed by atoms with Crippen LogP contribution in [0.5, 0.6) is 11.5 Å². The number of alkyl halides is 3. The number of carbonyl (C=O) groups is 3. The first-order valence-electron chi connectivity index (χ1n) is 9.72. The predicted octanol–water partition coefficient (Wildman–Crippen LogP) is 5.38. The lowest BCUT2D eigenvalue weighted by atomic mass is 9.95. The van der Waals surface area contributed by atoms with Crippen molar-refractivity contribution in [3.05, 3.63) is 58.2 Å². The third-order valence-electron chi connectivity index (χ3n) is 4.82. The smallest absolute Gasteiger partial charge is 0.342 e. The van der Waals surface area contributed by atoms with Gasteiger partial charge >= 0.3 is 17.9 Å². The van der Waals surface area contributed by atoms with E-state index in [2.05, 4.69) is 14.2 Å². The van der Waals surface area contributed by atoms with Crippen LogP contribution in [-0.4, -0.2) is 33.6 Å². The third-order valence-corrected chi connectivity index (χ3v) is 5.35. The molecule has 1 fully saturated rings. The van der Waals surface area contributed by atoms with Crippen LogP contribution in [0.25, 0.3) is 0 Å². The van der Waals surface area contributed by atoms with Gasteiger partial charge in [0.2, 0.25) is 69.7 Å². The number of benzene rings is 2. The van der Waals surface area contributed by atoms with E-state index in [1.165, 1.54) is 0 Å². The summed E-state index contributed by atoms with van der Waals surface area (Å²) in [7, 11) is 0. The van der Waals surface area contributed by atoms with E-state index in [0.29, 0.717) is 0 Å². The minimum Gasteiger partial charge on any atom is -0.429 e. The van der Waals surface area contributed by atoms with Crippen molar-refractivity contribution in [3.63, 3.8) is 0 Å². The Balaban J connectivity index is 1.96. The van der Waals surface area contributed by atoms with Crippen LogP contribution in [0.1, 0.15) is 12.8 Å². The Bertz CT molecular complexity index is 1290. The Morgan fingerprint density at radius 2 is 0.950 bits per heavy atom. The van der Waals surface area contributed by atoms with Crippen LogP contribution < -0.4 is 9.47 Å². The minimum atomic E-state index is -3.14. The Kier molecular flexibility index (Phi) is 8.74. The van der Waals surface area contributed by atoms with E-state index in [-0.39, 0.29) is 0 Å². The van der Waals surface area contributed by atoms with Crippen LogP contribution >= 0.6 is 34.8 Å². The molecule has 0 radical (unpaired) electrons. The summed E-state index contributed by atoms with van der Waals surface area (Å²) in [4.78, 5) is 37.3. The van der Waals surface area contributed by atoms with Gasteiger partial charge in [0.25, 0.3) is 10.1 Å². The zero-order valence-corrected chi connectivity index (χ0v) is 20.5. The molecule has 0 amide bonds. The highest BCUT2D eigenvalue weighted by Gasteiger charge is 2.59. The molecule has 1 heterocycles. The van der Waals surface area contributed by atoms with E-state index in [1.807, 2.05) is 0 Å². The largest absolute Gasteiger partial charge is 0.429 e. The first kappa shape index (κ1) is 31.5. The molecule has 0 aromatic heterocycles. The van der Waals surface area contributed by atoms with Gasteiger partial charge in [-0.3, -0.25) is 9.59 Å². The van der Waals surface area contributed by atoms with Crippen LogP contribution in [0, 0.1) is 58.2 Å². The summed E-state index contributed by atoms with van der Waals surface area (Å²) < 4.78 is 151. The molecule has 40 heavy (non-hydrogen) atoms. The average molecular weight is 654 g/mol. The van der Waals surface area contributed by atoms with Crippen molar-refractivity contribution in [1.29, 1.82) is 0 Å². The Hall–Kier alpha value is -3.02. The molecule has 20 heteroatoms. The quantitative estimate of drug-likeness (QED) is 0.103. The molecule has 0 bridgehead atoms. The zero-order valence-electron chi connectivity index (χ0n) is 18.3. The SMILES string of the molecule is O=C(CC1(CC(=O)Oc2c(F)c(F)c(F)c(F)c2F)OC(C(Cl)(Cl)Cl)OC1=O)Oc1c(F)c(F)c(F)c(F)c1F. The van der Waals surface area contributed by atoms with Crippen LogP contribution in [-0.2, 0) is 23.9 Å². The number of cyclic esters (lactones) is 1. The fourth-order valence-electron chi connectivity index (χ4n) is 3.02. The van der Waals surface area contributed by atoms with Crippen LogP contribution in [0.3, 0.4) is 0 Å². The molecule has 0 N–H and O–H groups in total. The van der Waals surface area contributed by atoms with E-state index in [4.69, 9.17) is 39.5 Å². The molecule has 2 aromatic carbocycles. The van der Waals surface area contributed by atoms with Gasteiger partial charge in [0.1, 0.15) is 0 Å². The molecule has 1 atom stereocenters. The molecule has 3 rings (SSSR count). The van der Waals surface area contributed by atoms with E-state index < -0.39 is 116 Å². The molecule has 7 nitrogen and oxygen atoms in total. The van der Waals surface area contributed by atoms with E-state index in [0.717, 1.165) is 0 Å². The van der Waals surface area contributed by atoms with Gasteiger partial charge in [0, 0.05) is 0 Å². The Morgan fingerprint density at radius 1 is 0.650 bits per heavy atom. The molecule has 1 unspecified atom stereocenters. The van der Waals surface area contributed by atoms with Gasteiger partial charge in [0.15, 0.2) is 5.60 Å². The molecular weight excluding hydrogens is 649 g/mol. The highest BCUT2D eigenvalue weighted by atomic mass is 35.6. The van der Waals surface area contributed by atoms with Gasteiger partial charge in [-0.2, -0.15) is 17.6 Å². The number of hydrogen-bond acceptors (Lipinski definition) is 7. The lowest BCUT2D eigenvalue weighted by Gasteiger charge is -2.24. The molecule has 0 saturated carbocycles. The van der Waals surface area contributed by atoms with Gasteiger partial charge < -0.3 is 18.9 Å². The van der Waals surface area contributed by atoms with Gasteiger partial charge in [-0.1, -0.05) is 34.8 Å². The van der Waals surface area contributed by atoms with Gasteiger partial charge in [0.05, 0.1) is 12.8 Å². The summed E-state index contributed by atoms with van der Waals surface area (Å²) in [5.41, 5.74) is -3.14. The molecule has 1 aliphatic heterocycles. The molecular formula is C20H5Cl3F10O7. The summed E-state index contributed by atoms with van der Waals surface area (Å²) in [6.07, 6.45) is -5.77. The van der Waals surface area contributed by atoms with Crippen molar-refractivity contribution in [2.75, 3.05) is 0 Å². The lowest BCUT2D eigenvalue weighted by molar-refractivity contribution is -0.157. The van der Waals surface area contributed by atoms with Crippen molar-refractivity contribution in [1.82, 2.24) is 0 Å². The fraction of sp³-hybridized carbons (Fsp3) is 0.250. The molecule has 2 aromatic rings. The van der Waals surface area contributed by atoms with Crippen LogP contribution in [0.15, 0.2) is 0 Å². The number of carbonyl (C=O) groups excluding carboxylic acids is 3. The first-order valence-corrected chi connectivity index (χ1v) is 10.9. The number of ether oxygens (including phenoxy) is 4. The van der Waals surface area contributed by atoms with Crippen LogP contribution in [0.2, 0.25) is 0 Å². The molecule has 1 aliphatic rings. The van der Waals surface area contributed by atoms with Crippen molar-refractivity contribution in [2.24, 2.45) is 0 Å². The summed E-state index contributed by atoms with van der Waals surface area (Å²) in [6.45, 7) is 0.